The lowest BCUT2D eigenvalue weighted by molar-refractivity contribution is 0.0988. The summed E-state index contributed by atoms with van der Waals surface area (Å²) in [6.07, 6.45) is 1.61. The quantitative estimate of drug-likeness (QED) is 0.269. The van der Waals surface area contributed by atoms with Crippen LogP contribution in [0.5, 0.6) is 0 Å². The van der Waals surface area contributed by atoms with Gasteiger partial charge in [-0.2, -0.15) is 10.1 Å². The Bertz CT molecular complexity index is 1390. The minimum Gasteiger partial charge on any atom is -0.267 e. The molecule has 5 nitrogen and oxygen atoms in total. The molecule has 0 radical (unpaired) electrons. The van der Waals surface area contributed by atoms with Gasteiger partial charge in [0.2, 0.25) is 5.13 Å². The van der Waals surface area contributed by atoms with E-state index < -0.39 is 0 Å². The molecule has 30 heavy (non-hydrogen) atoms. The summed E-state index contributed by atoms with van der Waals surface area (Å²) >= 11 is 2.68. The summed E-state index contributed by atoms with van der Waals surface area (Å²) in [7, 11) is 0. The SMILES string of the molecule is O=C(c1ccc2ncsc2c1)N(/N=C/c1ccccc1)c1nc2ccc(F)cc2s1. The Morgan fingerprint density at radius 2 is 1.83 bits per heavy atom. The van der Waals surface area contributed by atoms with Crippen LogP contribution in [0.25, 0.3) is 20.4 Å². The van der Waals surface area contributed by atoms with Crippen molar-refractivity contribution < 1.29 is 9.18 Å². The summed E-state index contributed by atoms with van der Waals surface area (Å²) in [5.74, 6) is -0.670. The van der Waals surface area contributed by atoms with Crippen molar-refractivity contribution in [2.75, 3.05) is 5.01 Å². The predicted molar refractivity (Wildman–Crippen MR) is 120 cm³/mol. The monoisotopic (exact) mass is 432 g/mol. The molecule has 0 aliphatic heterocycles. The largest absolute Gasteiger partial charge is 0.280 e. The average molecular weight is 433 g/mol. The Morgan fingerprint density at radius 1 is 1.00 bits per heavy atom. The van der Waals surface area contributed by atoms with Crippen LogP contribution >= 0.6 is 22.7 Å². The van der Waals surface area contributed by atoms with Crippen LogP contribution in [0, 0.1) is 5.82 Å². The highest BCUT2D eigenvalue weighted by Gasteiger charge is 2.21. The number of thiazole rings is 2. The first-order valence-electron chi connectivity index (χ1n) is 9.00. The van der Waals surface area contributed by atoms with Gasteiger partial charge in [0, 0.05) is 5.56 Å². The van der Waals surface area contributed by atoms with Crippen LogP contribution in [0.1, 0.15) is 15.9 Å². The third-order valence-corrected chi connectivity index (χ3v) is 6.20. The molecule has 5 rings (SSSR count). The summed E-state index contributed by atoms with van der Waals surface area (Å²) in [6, 6.07) is 19.2. The van der Waals surface area contributed by atoms with Crippen molar-refractivity contribution in [1.29, 1.82) is 0 Å². The maximum Gasteiger partial charge on any atom is 0.280 e. The van der Waals surface area contributed by atoms with E-state index in [0.29, 0.717) is 20.9 Å². The lowest BCUT2D eigenvalue weighted by Gasteiger charge is -2.13. The number of nitrogens with zero attached hydrogens (tertiary/aromatic N) is 4. The van der Waals surface area contributed by atoms with E-state index in [1.165, 1.54) is 39.8 Å². The highest BCUT2D eigenvalue weighted by Crippen LogP contribution is 2.31. The zero-order valence-corrected chi connectivity index (χ0v) is 17.0. The van der Waals surface area contributed by atoms with Crippen molar-refractivity contribution in [3.8, 4) is 0 Å². The molecule has 0 fully saturated rings. The number of fused-ring (bicyclic) bond motifs is 2. The van der Waals surface area contributed by atoms with E-state index in [9.17, 15) is 9.18 Å². The Hall–Kier alpha value is -3.49. The highest BCUT2D eigenvalue weighted by molar-refractivity contribution is 7.22. The number of amides is 1. The van der Waals surface area contributed by atoms with Crippen LogP contribution in [-0.2, 0) is 0 Å². The van der Waals surface area contributed by atoms with Gasteiger partial charge >= 0.3 is 0 Å². The molecular weight excluding hydrogens is 419 g/mol. The number of hydrogen-bond acceptors (Lipinski definition) is 6. The summed E-state index contributed by atoms with van der Waals surface area (Å²) in [6.45, 7) is 0. The minimum atomic E-state index is -0.348. The summed E-state index contributed by atoms with van der Waals surface area (Å²) in [5.41, 5.74) is 4.52. The maximum absolute atomic E-state index is 13.6. The molecule has 0 aliphatic rings. The number of carbonyl (C=O) groups excluding carboxylic acids is 1. The number of rotatable bonds is 4. The second kappa shape index (κ2) is 7.74. The van der Waals surface area contributed by atoms with Crippen LogP contribution in [0.2, 0.25) is 0 Å². The van der Waals surface area contributed by atoms with Gasteiger partial charge in [-0.25, -0.2) is 14.4 Å². The van der Waals surface area contributed by atoms with E-state index in [-0.39, 0.29) is 11.7 Å². The molecule has 5 aromatic rings. The third-order valence-electron chi connectivity index (χ3n) is 4.41. The number of carbonyl (C=O) groups is 1. The lowest BCUT2D eigenvalue weighted by atomic mass is 10.2. The van der Waals surface area contributed by atoms with Gasteiger partial charge in [-0.05, 0) is 42.0 Å². The van der Waals surface area contributed by atoms with Gasteiger partial charge in [0.1, 0.15) is 5.82 Å². The molecule has 8 heteroatoms. The molecule has 2 heterocycles. The molecule has 0 aliphatic carbocycles. The summed E-state index contributed by atoms with van der Waals surface area (Å²) in [5, 5.41) is 6.06. The molecular formula is C22H13FN4OS2. The lowest BCUT2D eigenvalue weighted by Crippen LogP contribution is -2.25. The van der Waals surface area contributed by atoms with Gasteiger partial charge in [0.05, 0.1) is 32.2 Å². The number of aromatic nitrogens is 2. The minimum absolute atomic E-state index is 0.322. The molecule has 0 unspecified atom stereocenters. The smallest absolute Gasteiger partial charge is 0.267 e. The first-order chi connectivity index (χ1) is 14.7. The Morgan fingerprint density at radius 3 is 2.70 bits per heavy atom. The fourth-order valence-corrected chi connectivity index (χ4v) is 4.60. The van der Waals surface area contributed by atoms with Gasteiger partial charge in [0.15, 0.2) is 0 Å². The van der Waals surface area contributed by atoms with E-state index in [4.69, 9.17) is 0 Å². The molecule has 3 aromatic carbocycles. The van der Waals surface area contributed by atoms with Crippen molar-refractivity contribution in [3.05, 3.63) is 89.2 Å². The summed E-state index contributed by atoms with van der Waals surface area (Å²) < 4.78 is 15.2. The normalized spacial score (nSPS) is 11.5. The zero-order chi connectivity index (χ0) is 20.5. The van der Waals surface area contributed by atoms with Crippen LogP contribution < -0.4 is 5.01 Å². The Kier molecular flexibility index (Phi) is 4.78. The van der Waals surface area contributed by atoms with Crippen molar-refractivity contribution in [2.24, 2.45) is 5.10 Å². The van der Waals surface area contributed by atoms with E-state index in [1.807, 2.05) is 36.4 Å². The van der Waals surface area contributed by atoms with Crippen LogP contribution in [0.4, 0.5) is 9.52 Å². The number of anilines is 1. The maximum atomic E-state index is 13.6. The Labute approximate surface area is 178 Å². The second-order valence-corrected chi connectivity index (χ2v) is 8.31. The topological polar surface area (TPSA) is 58.5 Å². The fraction of sp³-hybridized carbons (Fsp3) is 0. The predicted octanol–water partition coefficient (Wildman–Crippen LogP) is 5.73. The Balaban J connectivity index is 1.58. The van der Waals surface area contributed by atoms with Gasteiger partial charge in [-0.1, -0.05) is 41.7 Å². The van der Waals surface area contributed by atoms with E-state index in [1.54, 1.807) is 29.9 Å². The van der Waals surface area contributed by atoms with Gasteiger partial charge in [-0.15, -0.1) is 11.3 Å². The fourth-order valence-electron chi connectivity index (χ4n) is 2.94. The highest BCUT2D eigenvalue weighted by atomic mass is 32.1. The van der Waals surface area contributed by atoms with Gasteiger partial charge in [-0.3, -0.25) is 4.79 Å². The van der Waals surface area contributed by atoms with Crippen molar-refractivity contribution >= 4 is 60.4 Å². The molecule has 0 saturated carbocycles. The van der Waals surface area contributed by atoms with Crippen LogP contribution in [-0.4, -0.2) is 22.1 Å². The number of benzene rings is 3. The molecule has 0 saturated heterocycles. The number of halogens is 1. The average Bonchev–Trinajstić information content (AvgIpc) is 3.40. The first-order valence-corrected chi connectivity index (χ1v) is 10.7. The molecule has 0 N–H and O–H groups in total. The number of hydrogen-bond donors (Lipinski definition) is 0. The molecule has 146 valence electrons. The standard InChI is InChI=1S/C22H13FN4OS2/c23-16-7-9-18-20(11-16)30-22(26-18)27(25-12-14-4-2-1-3-5-14)21(28)15-6-8-17-19(10-15)29-13-24-17/h1-13H/b25-12+. The zero-order valence-electron chi connectivity index (χ0n) is 15.4. The summed E-state index contributed by atoms with van der Waals surface area (Å²) in [4.78, 5) is 22.1. The number of hydrazone groups is 1. The van der Waals surface area contributed by atoms with E-state index in [0.717, 1.165) is 15.8 Å². The first kappa shape index (κ1) is 18.5. The molecule has 2 aromatic heterocycles. The molecule has 0 spiro atoms. The van der Waals surface area contributed by atoms with E-state index >= 15 is 0 Å². The van der Waals surface area contributed by atoms with Crippen LogP contribution in [0.3, 0.4) is 0 Å². The van der Waals surface area contributed by atoms with Crippen molar-refractivity contribution in [2.45, 2.75) is 0 Å². The van der Waals surface area contributed by atoms with Crippen molar-refractivity contribution in [1.82, 2.24) is 9.97 Å². The van der Waals surface area contributed by atoms with Gasteiger partial charge < -0.3 is 0 Å². The molecule has 1 amide bonds. The van der Waals surface area contributed by atoms with Crippen LogP contribution in [0.15, 0.2) is 77.3 Å². The molecule has 0 atom stereocenters. The van der Waals surface area contributed by atoms with Crippen molar-refractivity contribution in [3.63, 3.8) is 0 Å². The third kappa shape index (κ3) is 3.58. The van der Waals surface area contributed by atoms with Gasteiger partial charge in [0.25, 0.3) is 5.91 Å². The second-order valence-electron chi connectivity index (χ2n) is 6.42. The van der Waals surface area contributed by atoms with E-state index in [2.05, 4.69) is 15.1 Å². The molecule has 0 bridgehead atoms.